The molecule has 6 nitrogen and oxygen atoms in total. The highest BCUT2D eigenvalue weighted by molar-refractivity contribution is 5.78. The lowest BCUT2D eigenvalue weighted by atomic mass is 10.0. The molecule has 0 bridgehead atoms. The fraction of sp³-hybridized carbons (Fsp3) is 0.500. The first-order valence-corrected chi connectivity index (χ1v) is 8.24. The van der Waals surface area contributed by atoms with Gasteiger partial charge in [0.25, 0.3) is 0 Å². The van der Waals surface area contributed by atoms with Crippen molar-refractivity contribution in [3.05, 3.63) is 42.0 Å². The zero-order valence-corrected chi connectivity index (χ0v) is 14.6. The summed E-state index contributed by atoms with van der Waals surface area (Å²) in [4.78, 5) is 6.91. The molecule has 0 spiro atoms. The summed E-state index contributed by atoms with van der Waals surface area (Å²) in [6, 6.07) is 8.31. The molecule has 1 aliphatic heterocycles. The van der Waals surface area contributed by atoms with Crippen LogP contribution in [-0.4, -0.2) is 57.4 Å². The molecule has 1 aromatic carbocycles. The zero-order valence-electron chi connectivity index (χ0n) is 14.6. The van der Waals surface area contributed by atoms with Crippen molar-refractivity contribution in [2.75, 3.05) is 46.5 Å². The molecule has 0 radical (unpaired) electrons. The molecule has 0 aromatic heterocycles. The number of aliphatic imine (C=N–C) groups is 1. The minimum Gasteiger partial charge on any atom is -0.497 e. The van der Waals surface area contributed by atoms with Gasteiger partial charge in [-0.25, -0.2) is 0 Å². The largest absolute Gasteiger partial charge is 0.497 e. The van der Waals surface area contributed by atoms with Crippen LogP contribution in [0.15, 0.2) is 41.4 Å². The molecular formula is C18H28N4O2. The van der Waals surface area contributed by atoms with E-state index in [1.165, 1.54) is 5.56 Å². The SMILES string of the molecule is C=C(C)CNC(N)=NCC(c1ccc(OC)cc1)N1CCOCC1. The molecule has 1 fully saturated rings. The monoisotopic (exact) mass is 332 g/mol. The maximum atomic E-state index is 5.96. The number of nitrogens with zero attached hydrogens (tertiary/aromatic N) is 2. The van der Waals surface area contributed by atoms with E-state index in [1.807, 2.05) is 19.1 Å². The summed E-state index contributed by atoms with van der Waals surface area (Å²) in [6.07, 6.45) is 0. The minimum absolute atomic E-state index is 0.171. The van der Waals surface area contributed by atoms with Crippen LogP contribution in [0.2, 0.25) is 0 Å². The third-order valence-electron chi connectivity index (χ3n) is 3.99. The molecule has 1 aromatic rings. The Kier molecular flexibility index (Phi) is 7.08. The summed E-state index contributed by atoms with van der Waals surface area (Å²) in [5.74, 6) is 1.30. The van der Waals surface area contributed by atoms with Crippen molar-refractivity contribution >= 4 is 5.96 Å². The van der Waals surface area contributed by atoms with E-state index in [9.17, 15) is 0 Å². The lowest BCUT2D eigenvalue weighted by Crippen LogP contribution is -2.41. The lowest BCUT2D eigenvalue weighted by molar-refractivity contribution is 0.0180. The topological polar surface area (TPSA) is 72.1 Å². The first-order valence-electron chi connectivity index (χ1n) is 8.24. The summed E-state index contributed by atoms with van der Waals surface area (Å²) in [5, 5.41) is 3.08. The van der Waals surface area contributed by atoms with Crippen molar-refractivity contribution < 1.29 is 9.47 Å². The van der Waals surface area contributed by atoms with E-state index < -0.39 is 0 Å². The molecule has 1 atom stereocenters. The number of morpholine rings is 1. The van der Waals surface area contributed by atoms with Crippen LogP contribution in [0.25, 0.3) is 0 Å². The van der Waals surface area contributed by atoms with Crippen molar-refractivity contribution in [1.29, 1.82) is 0 Å². The van der Waals surface area contributed by atoms with Crippen LogP contribution in [-0.2, 0) is 4.74 Å². The number of nitrogens with one attached hydrogen (secondary N) is 1. The maximum absolute atomic E-state index is 5.96. The second-order valence-electron chi connectivity index (χ2n) is 5.97. The van der Waals surface area contributed by atoms with Crippen LogP contribution >= 0.6 is 0 Å². The highest BCUT2D eigenvalue weighted by Gasteiger charge is 2.22. The van der Waals surface area contributed by atoms with Gasteiger partial charge in [-0.1, -0.05) is 24.3 Å². The van der Waals surface area contributed by atoms with Gasteiger partial charge >= 0.3 is 0 Å². The number of hydrogen-bond donors (Lipinski definition) is 2. The van der Waals surface area contributed by atoms with Gasteiger partial charge in [-0.15, -0.1) is 0 Å². The quantitative estimate of drug-likeness (QED) is 0.450. The predicted molar refractivity (Wildman–Crippen MR) is 97.4 cm³/mol. The van der Waals surface area contributed by atoms with E-state index in [2.05, 4.69) is 33.9 Å². The van der Waals surface area contributed by atoms with Crippen LogP contribution in [0.4, 0.5) is 0 Å². The first kappa shape index (κ1) is 18.3. The van der Waals surface area contributed by atoms with Gasteiger partial charge in [-0.2, -0.15) is 0 Å². The Morgan fingerprint density at radius 3 is 2.62 bits per heavy atom. The molecule has 2 rings (SSSR count). The highest BCUT2D eigenvalue weighted by Crippen LogP contribution is 2.24. The molecule has 1 heterocycles. The van der Waals surface area contributed by atoms with Gasteiger partial charge in [-0.3, -0.25) is 9.89 Å². The van der Waals surface area contributed by atoms with Gasteiger partial charge in [0.1, 0.15) is 5.75 Å². The van der Waals surface area contributed by atoms with E-state index in [4.69, 9.17) is 15.2 Å². The van der Waals surface area contributed by atoms with Crippen LogP contribution in [0.5, 0.6) is 5.75 Å². The second kappa shape index (κ2) is 9.30. The molecule has 1 saturated heterocycles. The number of rotatable bonds is 7. The molecule has 0 aliphatic carbocycles. The van der Waals surface area contributed by atoms with Crippen molar-refractivity contribution in [2.24, 2.45) is 10.7 Å². The molecule has 1 aliphatic rings. The fourth-order valence-electron chi connectivity index (χ4n) is 2.63. The van der Waals surface area contributed by atoms with Gasteiger partial charge in [0.2, 0.25) is 0 Å². The van der Waals surface area contributed by atoms with Crippen LogP contribution in [0.3, 0.4) is 0 Å². The summed E-state index contributed by atoms with van der Waals surface area (Å²) in [6.45, 7) is 10.3. The lowest BCUT2D eigenvalue weighted by Gasteiger charge is -2.34. The van der Waals surface area contributed by atoms with Gasteiger partial charge in [0.05, 0.1) is 32.9 Å². The average Bonchev–Trinajstić information content (AvgIpc) is 2.61. The van der Waals surface area contributed by atoms with Crippen LogP contribution in [0.1, 0.15) is 18.5 Å². The number of ether oxygens (including phenoxy) is 2. The molecule has 132 valence electrons. The number of nitrogens with two attached hydrogens (primary N) is 1. The van der Waals surface area contributed by atoms with Crippen molar-refractivity contribution in [3.63, 3.8) is 0 Å². The summed E-state index contributed by atoms with van der Waals surface area (Å²) < 4.78 is 10.7. The number of methoxy groups -OCH3 is 1. The Hall–Kier alpha value is -2.05. The Labute approximate surface area is 144 Å². The standard InChI is InChI=1S/C18H28N4O2/c1-14(2)12-20-18(19)21-13-17(22-8-10-24-11-9-22)15-4-6-16(23-3)7-5-15/h4-7,17H,1,8-13H2,2-3H3,(H3,19,20,21). The third-order valence-corrected chi connectivity index (χ3v) is 3.99. The van der Waals surface area contributed by atoms with Crippen molar-refractivity contribution in [3.8, 4) is 5.75 Å². The zero-order chi connectivity index (χ0) is 17.4. The molecule has 0 amide bonds. The van der Waals surface area contributed by atoms with Gasteiger partial charge < -0.3 is 20.5 Å². The van der Waals surface area contributed by atoms with E-state index in [0.29, 0.717) is 19.0 Å². The van der Waals surface area contributed by atoms with Gasteiger partial charge in [-0.05, 0) is 24.6 Å². The average molecular weight is 332 g/mol. The number of hydrogen-bond acceptors (Lipinski definition) is 4. The maximum Gasteiger partial charge on any atom is 0.188 e. The Morgan fingerprint density at radius 1 is 1.38 bits per heavy atom. The molecular weight excluding hydrogens is 304 g/mol. The highest BCUT2D eigenvalue weighted by atomic mass is 16.5. The Morgan fingerprint density at radius 2 is 2.04 bits per heavy atom. The smallest absolute Gasteiger partial charge is 0.188 e. The Bertz CT molecular complexity index is 551. The Balaban J connectivity index is 2.09. The van der Waals surface area contributed by atoms with E-state index >= 15 is 0 Å². The number of guanidine groups is 1. The molecule has 0 saturated carbocycles. The second-order valence-corrected chi connectivity index (χ2v) is 5.97. The summed E-state index contributed by atoms with van der Waals surface area (Å²) >= 11 is 0. The van der Waals surface area contributed by atoms with Crippen LogP contribution < -0.4 is 15.8 Å². The van der Waals surface area contributed by atoms with Crippen LogP contribution in [0, 0.1) is 0 Å². The molecule has 24 heavy (non-hydrogen) atoms. The molecule has 1 unspecified atom stereocenters. The van der Waals surface area contributed by atoms with Crippen molar-refractivity contribution in [2.45, 2.75) is 13.0 Å². The molecule has 3 N–H and O–H groups in total. The van der Waals surface area contributed by atoms with E-state index in [-0.39, 0.29) is 6.04 Å². The normalized spacial score (nSPS) is 17.3. The van der Waals surface area contributed by atoms with Gasteiger partial charge in [0.15, 0.2) is 5.96 Å². The minimum atomic E-state index is 0.171. The summed E-state index contributed by atoms with van der Waals surface area (Å²) in [5.41, 5.74) is 8.18. The third kappa shape index (κ3) is 5.54. The summed E-state index contributed by atoms with van der Waals surface area (Å²) in [7, 11) is 1.67. The molecule has 6 heteroatoms. The first-order chi connectivity index (χ1) is 11.6. The van der Waals surface area contributed by atoms with Crippen molar-refractivity contribution in [1.82, 2.24) is 10.2 Å². The van der Waals surface area contributed by atoms with E-state index in [1.54, 1.807) is 7.11 Å². The predicted octanol–water partition coefficient (Wildman–Crippen LogP) is 1.55. The fourth-order valence-corrected chi connectivity index (χ4v) is 2.63. The van der Waals surface area contributed by atoms with E-state index in [0.717, 1.165) is 37.6 Å². The van der Waals surface area contributed by atoms with Gasteiger partial charge in [0, 0.05) is 19.6 Å². The number of benzene rings is 1.